The molecule has 1 radical (unpaired) electrons. The van der Waals surface area contributed by atoms with Crippen LogP contribution in [0.3, 0.4) is 0 Å². The Morgan fingerprint density at radius 2 is 0.788 bits per heavy atom. The summed E-state index contributed by atoms with van der Waals surface area (Å²) in [5.41, 5.74) is 0. The lowest BCUT2D eigenvalue weighted by atomic mass is 11.7. The molecule has 0 amide bonds. The average Bonchev–Trinajstić information content (AvgIpc) is 2.34. The molecule has 0 fully saturated rings. The van der Waals surface area contributed by atoms with Crippen molar-refractivity contribution < 1.29 is 29.1 Å². The molecule has 0 rings (SSSR count). The number of rotatable bonds is 15. The van der Waals surface area contributed by atoms with Gasteiger partial charge in [-0.25, -0.2) is 0 Å². The number of hydrogen-bond acceptors (Lipinski definition) is 7. The van der Waals surface area contributed by atoms with Crippen LogP contribution < -0.4 is 0 Å². The molecule has 0 aliphatic carbocycles. The first-order chi connectivity index (χ1) is 14.2. The second-order valence-corrected chi connectivity index (χ2v) is 43.6. The van der Waals surface area contributed by atoms with Crippen LogP contribution in [0.25, 0.3) is 0 Å². The standard InChI is InChI=1S/C18H53O7Si8/c1-26(2)18-19-31(15,16)24-32(17,20-27(3,4)5)25-33(21-28(6,7)8,22-29(9,10)11)23-30(12,13)14/h18H2,1-17H3. The second kappa shape index (κ2) is 11.9. The molecule has 199 valence electrons. The van der Waals surface area contributed by atoms with Crippen molar-refractivity contribution in [1.82, 2.24) is 0 Å². The molecule has 0 aliphatic rings. The smallest absolute Gasteiger partial charge is 0.417 e. The first-order valence-electron chi connectivity index (χ1n) is 11.8. The molecule has 0 saturated carbocycles. The van der Waals surface area contributed by atoms with Gasteiger partial charge in [0.15, 0.2) is 33.3 Å². The van der Waals surface area contributed by atoms with Crippen molar-refractivity contribution in [2.45, 2.75) is 111 Å². The van der Waals surface area contributed by atoms with Crippen LogP contribution in [0.4, 0.5) is 0 Å². The van der Waals surface area contributed by atoms with Crippen molar-refractivity contribution in [3.05, 3.63) is 0 Å². The highest BCUT2D eigenvalue weighted by Crippen LogP contribution is 2.33. The molecule has 0 heterocycles. The van der Waals surface area contributed by atoms with Gasteiger partial charge < -0.3 is 29.1 Å². The third-order valence-electron chi connectivity index (χ3n) is 3.24. The summed E-state index contributed by atoms with van der Waals surface area (Å²) >= 11 is 0. The molecule has 0 aromatic rings. The van der Waals surface area contributed by atoms with E-state index >= 15 is 0 Å². The van der Waals surface area contributed by atoms with E-state index in [1.54, 1.807) is 0 Å². The summed E-state index contributed by atoms with van der Waals surface area (Å²) in [6.45, 7) is 36.4. The van der Waals surface area contributed by atoms with Crippen LogP contribution in [0.2, 0.25) is 111 Å². The minimum absolute atomic E-state index is 0.536. The van der Waals surface area contributed by atoms with Crippen LogP contribution in [0.5, 0.6) is 0 Å². The summed E-state index contributed by atoms with van der Waals surface area (Å²) in [5, 5.41) is 0. The van der Waals surface area contributed by atoms with Crippen LogP contribution >= 0.6 is 0 Å². The summed E-state index contributed by atoms with van der Waals surface area (Å²) in [6.07, 6.45) is 0.742. The van der Waals surface area contributed by atoms with Crippen molar-refractivity contribution in [3.63, 3.8) is 0 Å². The molecule has 33 heavy (non-hydrogen) atoms. The van der Waals surface area contributed by atoms with Gasteiger partial charge in [0.25, 0.3) is 0 Å². The van der Waals surface area contributed by atoms with Crippen LogP contribution in [-0.4, -0.2) is 74.7 Å². The van der Waals surface area contributed by atoms with E-state index in [4.69, 9.17) is 29.1 Å². The summed E-state index contributed by atoms with van der Waals surface area (Å²) in [6, 6.07) is 0. The topological polar surface area (TPSA) is 64.6 Å². The monoisotopic (exact) mass is 605 g/mol. The lowest BCUT2D eigenvalue weighted by Gasteiger charge is -2.46. The Balaban J connectivity index is 6.53. The molecule has 0 aliphatic heterocycles. The third-order valence-corrected chi connectivity index (χ3v) is 25.3. The maximum absolute atomic E-state index is 6.94. The summed E-state index contributed by atoms with van der Waals surface area (Å²) < 4.78 is 46.9. The van der Waals surface area contributed by atoms with Crippen LogP contribution in [0.1, 0.15) is 0 Å². The zero-order valence-corrected chi connectivity index (χ0v) is 32.6. The van der Waals surface area contributed by atoms with Crippen LogP contribution in [-0.2, 0) is 29.1 Å². The molecule has 0 spiro atoms. The zero-order valence-electron chi connectivity index (χ0n) is 24.6. The molecule has 0 saturated heterocycles. The van der Waals surface area contributed by atoms with Gasteiger partial charge in [-0.15, -0.1) is 0 Å². The average molecular weight is 606 g/mol. The van der Waals surface area contributed by atoms with Gasteiger partial charge in [0.05, 0.1) is 8.80 Å². The van der Waals surface area contributed by atoms with E-state index in [0.29, 0.717) is 0 Å². The molecule has 1 unspecified atom stereocenters. The minimum atomic E-state index is -3.59. The number of hydrogen-bond donors (Lipinski definition) is 0. The van der Waals surface area contributed by atoms with Crippen LogP contribution in [0.15, 0.2) is 0 Å². The molecule has 7 nitrogen and oxygen atoms in total. The SMILES string of the molecule is C[Si](C)CO[Si](C)(C)O[Si](C)(O[Si](C)(C)C)O[Si](O[Si](C)(C)C)(O[Si](C)(C)C)O[Si](C)(C)C. The fraction of sp³-hybridized carbons (Fsp3) is 1.00. The predicted octanol–water partition coefficient (Wildman–Crippen LogP) is 6.44. The Labute approximate surface area is 214 Å². The van der Waals surface area contributed by atoms with Crippen molar-refractivity contribution in [2.24, 2.45) is 0 Å². The van der Waals surface area contributed by atoms with E-state index in [0.717, 1.165) is 6.23 Å². The Hall–Kier alpha value is 1.46. The maximum Gasteiger partial charge on any atom is 0.640 e. The van der Waals surface area contributed by atoms with Gasteiger partial charge in [0.2, 0.25) is 0 Å². The molecular formula is C18H53O7Si8. The van der Waals surface area contributed by atoms with Gasteiger partial charge in [-0.05, 0) is 91.7 Å². The van der Waals surface area contributed by atoms with Crippen molar-refractivity contribution in [3.8, 4) is 0 Å². The summed E-state index contributed by atoms with van der Waals surface area (Å²) in [5.74, 6) is 0. The van der Waals surface area contributed by atoms with E-state index < -0.39 is 68.5 Å². The van der Waals surface area contributed by atoms with Crippen molar-refractivity contribution >= 4 is 68.5 Å². The predicted molar refractivity (Wildman–Crippen MR) is 158 cm³/mol. The van der Waals surface area contributed by atoms with E-state index in [1.165, 1.54) is 0 Å². The molecule has 15 heteroatoms. The molecule has 1 atom stereocenters. The fourth-order valence-electron chi connectivity index (χ4n) is 2.89. The lowest BCUT2D eigenvalue weighted by molar-refractivity contribution is 0.103. The normalized spacial score (nSPS) is 16.9. The Morgan fingerprint density at radius 3 is 1.06 bits per heavy atom. The first kappa shape index (κ1) is 34.5. The van der Waals surface area contributed by atoms with E-state index in [1.807, 2.05) is 6.55 Å². The molecular weight excluding hydrogens is 553 g/mol. The Bertz CT molecular complexity index is 568. The highest BCUT2D eigenvalue weighted by atomic mass is 28.6. The van der Waals surface area contributed by atoms with Gasteiger partial charge in [0.1, 0.15) is 0 Å². The van der Waals surface area contributed by atoms with Crippen LogP contribution in [0, 0.1) is 0 Å². The Morgan fingerprint density at radius 1 is 0.455 bits per heavy atom. The molecule has 0 aromatic carbocycles. The lowest BCUT2D eigenvalue weighted by Crippen LogP contribution is -2.69. The minimum Gasteiger partial charge on any atom is -0.417 e. The van der Waals surface area contributed by atoms with Gasteiger partial charge in [0, 0.05) is 12.8 Å². The maximum atomic E-state index is 6.94. The second-order valence-electron chi connectivity index (χ2n) is 13.3. The highest BCUT2D eigenvalue weighted by molar-refractivity contribution is 6.92. The van der Waals surface area contributed by atoms with Gasteiger partial charge in [-0.2, -0.15) is 0 Å². The molecule has 0 aromatic heterocycles. The third kappa shape index (κ3) is 17.5. The summed E-state index contributed by atoms with van der Waals surface area (Å²) in [4.78, 5) is 0. The largest absolute Gasteiger partial charge is 0.640 e. The zero-order chi connectivity index (χ0) is 26.7. The van der Waals surface area contributed by atoms with Crippen molar-refractivity contribution in [1.29, 1.82) is 0 Å². The van der Waals surface area contributed by atoms with Gasteiger partial charge in [-0.1, -0.05) is 13.1 Å². The molecule has 0 bridgehead atoms. The quantitative estimate of drug-likeness (QED) is 0.199. The molecule has 0 N–H and O–H groups in total. The highest BCUT2D eigenvalue weighted by Gasteiger charge is 2.61. The summed E-state index contributed by atoms with van der Waals surface area (Å²) in [7, 11) is -18.3. The van der Waals surface area contributed by atoms with Gasteiger partial charge in [-0.3, -0.25) is 0 Å². The fourth-order valence-corrected chi connectivity index (χ4v) is 29.4. The van der Waals surface area contributed by atoms with E-state index in [9.17, 15) is 0 Å². The van der Waals surface area contributed by atoms with E-state index in [2.05, 4.69) is 105 Å². The van der Waals surface area contributed by atoms with Crippen molar-refractivity contribution in [2.75, 3.05) is 6.23 Å². The van der Waals surface area contributed by atoms with Gasteiger partial charge >= 0.3 is 26.4 Å². The Kier molecular flexibility index (Phi) is 12.4. The first-order valence-corrected chi connectivity index (χ1v) is 34.8. The van der Waals surface area contributed by atoms with E-state index in [-0.39, 0.29) is 0 Å².